The first kappa shape index (κ1) is 18.9. The number of benzene rings is 1. The van der Waals surface area contributed by atoms with Gasteiger partial charge in [-0.15, -0.1) is 0 Å². The van der Waals surface area contributed by atoms with Gasteiger partial charge < -0.3 is 19.7 Å². The smallest absolute Gasteiger partial charge is 0.234 e. The number of piperidine rings is 1. The van der Waals surface area contributed by atoms with Crippen LogP contribution in [0.3, 0.4) is 0 Å². The molecule has 0 spiro atoms. The predicted molar refractivity (Wildman–Crippen MR) is 103 cm³/mol. The van der Waals surface area contributed by atoms with Crippen LogP contribution in [0.25, 0.3) is 0 Å². The van der Waals surface area contributed by atoms with Gasteiger partial charge in [-0.1, -0.05) is 30.9 Å². The van der Waals surface area contributed by atoms with Crippen LogP contribution in [0.5, 0.6) is 11.5 Å². The van der Waals surface area contributed by atoms with E-state index in [4.69, 9.17) is 21.7 Å². The highest BCUT2D eigenvalue weighted by Crippen LogP contribution is 2.26. The first-order valence-electron chi connectivity index (χ1n) is 7.96. The number of hydrogen-bond acceptors (Lipinski definition) is 5. The molecule has 1 aliphatic rings. The van der Waals surface area contributed by atoms with E-state index in [1.807, 2.05) is 0 Å². The zero-order valence-electron chi connectivity index (χ0n) is 14.3. The van der Waals surface area contributed by atoms with Crippen molar-refractivity contribution >= 4 is 39.9 Å². The molecule has 0 aliphatic carbocycles. The molecule has 5 nitrogen and oxygen atoms in total. The van der Waals surface area contributed by atoms with Crippen molar-refractivity contribution in [2.75, 3.05) is 38.4 Å². The number of anilines is 1. The predicted octanol–water partition coefficient (Wildman–Crippen LogP) is 3.39. The average molecular weight is 369 g/mol. The summed E-state index contributed by atoms with van der Waals surface area (Å²) in [4.78, 5) is 14.4. The van der Waals surface area contributed by atoms with E-state index in [1.54, 1.807) is 32.4 Å². The van der Waals surface area contributed by atoms with Gasteiger partial charge in [0.05, 0.1) is 20.0 Å². The Bertz CT molecular complexity index is 565. The monoisotopic (exact) mass is 368 g/mol. The number of rotatable bonds is 5. The van der Waals surface area contributed by atoms with Crippen LogP contribution in [0.1, 0.15) is 19.8 Å². The molecule has 1 heterocycles. The molecule has 24 heavy (non-hydrogen) atoms. The fourth-order valence-corrected chi connectivity index (χ4v) is 3.54. The number of hydrogen-bond donors (Lipinski definition) is 1. The van der Waals surface area contributed by atoms with E-state index in [0.29, 0.717) is 22.9 Å². The average Bonchev–Trinajstić information content (AvgIpc) is 2.59. The van der Waals surface area contributed by atoms with Gasteiger partial charge in [0.1, 0.15) is 15.8 Å². The topological polar surface area (TPSA) is 50.8 Å². The third-order valence-electron chi connectivity index (χ3n) is 4.00. The molecule has 1 aliphatic heterocycles. The molecular weight excluding hydrogens is 344 g/mol. The summed E-state index contributed by atoms with van der Waals surface area (Å²) in [6.45, 7) is 4.24. The minimum absolute atomic E-state index is 0.0944. The SMILES string of the molecule is COc1cc(NC(=O)CSC(=S)N2CCC(C)CC2)cc(OC)c1. The molecule has 1 N–H and O–H groups in total. The van der Waals surface area contributed by atoms with E-state index < -0.39 is 0 Å². The lowest BCUT2D eigenvalue weighted by atomic mass is 10.00. The standard InChI is InChI=1S/C17H24N2O3S2/c1-12-4-6-19(7-5-12)17(23)24-11-16(20)18-13-8-14(21-2)10-15(9-13)22-3/h8-10,12H,4-7,11H2,1-3H3,(H,18,20). The number of carbonyl (C=O) groups is 1. The maximum atomic E-state index is 12.2. The number of thioether (sulfide) groups is 1. The molecule has 0 bridgehead atoms. The first-order chi connectivity index (χ1) is 11.5. The lowest BCUT2D eigenvalue weighted by molar-refractivity contribution is -0.113. The minimum Gasteiger partial charge on any atom is -0.497 e. The summed E-state index contributed by atoms with van der Waals surface area (Å²) in [7, 11) is 3.16. The van der Waals surface area contributed by atoms with Crippen molar-refractivity contribution in [3.8, 4) is 11.5 Å². The van der Waals surface area contributed by atoms with Crippen LogP contribution >= 0.6 is 24.0 Å². The van der Waals surface area contributed by atoms with Crippen LogP contribution < -0.4 is 14.8 Å². The number of thiocarbonyl (C=S) groups is 1. The van der Waals surface area contributed by atoms with Crippen molar-refractivity contribution in [1.29, 1.82) is 0 Å². The highest BCUT2D eigenvalue weighted by molar-refractivity contribution is 8.23. The van der Waals surface area contributed by atoms with Crippen LogP contribution in [0, 0.1) is 5.92 Å². The van der Waals surface area contributed by atoms with Crippen LogP contribution in [-0.2, 0) is 4.79 Å². The largest absolute Gasteiger partial charge is 0.497 e. The Morgan fingerprint density at radius 3 is 2.38 bits per heavy atom. The molecule has 1 aromatic carbocycles. The third kappa shape index (κ3) is 5.56. The van der Waals surface area contributed by atoms with Crippen LogP contribution in [0.15, 0.2) is 18.2 Å². The lowest BCUT2D eigenvalue weighted by Crippen LogP contribution is -2.36. The molecule has 1 saturated heterocycles. The van der Waals surface area contributed by atoms with E-state index in [2.05, 4.69) is 17.1 Å². The molecule has 0 saturated carbocycles. The van der Waals surface area contributed by atoms with Gasteiger partial charge in [-0.3, -0.25) is 4.79 Å². The van der Waals surface area contributed by atoms with Gasteiger partial charge in [-0.05, 0) is 18.8 Å². The molecule has 1 amide bonds. The summed E-state index contributed by atoms with van der Waals surface area (Å²) in [6.07, 6.45) is 2.33. The highest BCUT2D eigenvalue weighted by Gasteiger charge is 2.18. The zero-order chi connectivity index (χ0) is 17.5. The number of carbonyl (C=O) groups excluding carboxylic acids is 1. The molecule has 0 unspecified atom stereocenters. The molecule has 1 fully saturated rings. The normalized spacial score (nSPS) is 15.0. The molecule has 132 valence electrons. The van der Waals surface area contributed by atoms with Crippen molar-refractivity contribution in [2.45, 2.75) is 19.8 Å². The summed E-state index contributed by atoms with van der Waals surface area (Å²) >= 11 is 6.86. The first-order valence-corrected chi connectivity index (χ1v) is 9.36. The molecular formula is C17H24N2O3S2. The summed E-state index contributed by atoms with van der Waals surface area (Å²) < 4.78 is 11.2. The van der Waals surface area contributed by atoms with E-state index in [0.717, 1.165) is 36.2 Å². The summed E-state index contributed by atoms with van der Waals surface area (Å²) in [5.41, 5.74) is 0.648. The molecule has 0 atom stereocenters. The number of amides is 1. The molecule has 2 rings (SSSR count). The van der Waals surface area contributed by atoms with E-state index in [-0.39, 0.29) is 5.91 Å². The summed E-state index contributed by atoms with van der Waals surface area (Å²) in [5, 5.41) is 2.86. The van der Waals surface area contributed by atoms with Crippen molar-refractivity contribution in [3.05, 3.63) is 18.2 Å². The van der Waals surface area contributed by atoms with Crippen molar-refractivity contribution in [3.63, 3.8) is 0 Å². The van der Waals surface area contributed by atoms with E-state index in [1.165, 1.54) is 11.8 Å². The van der Waals surface area contributed by atoms with Crippen LogP contribution in [0.4, 0.5) is 5.69 Å². The summed E-state index contributed by atoms with van der Waals surface area (Å²) in [6, 6.07) is 5.28. The number of nitrogens with one attached hydrogen (secondary N) is 1. The Kier molecular flexibility index (Phi) is 7.17. The van der Waals surface area contributed by atoms with Crippen molar-refractivity contribution in [2.24, 2.45) is 5.92 Å². The number of ether oxygens (including phenoxy) is 2. The lowest BCUT2D eigenvalue weighted by Gasteiger charge is -2.31. The molecule has 7 heteroatoms. The van der Waals surface area contributed by atoms with Crippen molar-refractivity contribution < 1.29 is 14.3 Å². The maximum Gasteiger partial charge on any atom is 0.234 e. The Labute approximate surface area is 153 Å². The quantitative estimate of drug-likeness (QED) is 0.804. The van der Waals surface area contributed by atoms with Gasteiger partial charge >= 0.3 is 0 Å². The second kappa shape index (κ2) is 9.13. The highest BCUT2D eigenvalue weighted by atomic mass is 32.2. The van der Waals surface area contributed by atoms with Gasteiger partial charge in [0.2, 0.25) is 5.91 Å². The second-order valence-corrected chi connectivity index (χ2v) is 7.48. The van der Waals surface area contributed by atoms with Crippen LogP contribution in [-0.4, -0.2) is 48.2 Å². The van der Waals surface area contributed by atoms with E-state index in [9.17, 15) is 4.79 Å². The van der Waals surface area contributed by atoms with Crippen molar-refractivity contribution in [1.82, 2.24) is 4.90 Å². The van der Waals surface area contributed by atoms with Gasteiger partial charge in [0, 0.05) is 37.0 Å². The maximum absolute atomic E-state index is 12.2. The number of methoxy groups -OCH3 is 2. The van der Waals surface area contributed by atoms with Gasteiger partial charge in [-0.2, -0.15) is 0 Å². The van der Waals surface area contributed by atoms with Crippen LogP contribution in [0.2, 0.25) is 0 Å². The van der Waals surface area contributed by atoms with Gasteiger partial charge in [-0.25, -0.2) is 0 Å². The fourth-order valence-electron chi connectivity index (χ4n) is 2.49. The van der Waals surface area contributed by atoms with Gasteiger partial charge in [0.25, 0.3) is 0 Å². The molecule has 1 aromatic rings. The Morgan fingerprint density at radius 1 is 1.25 bits per heavy atom. The fraction of sp³-hybridized carbons (Fsp3) is 0.529. The Balaban J connectivity index is 1.84. The zero-order valence-corrected chi connectivity index (χ0v) is 16.0. The third-order valence-corrected chi connectivity index (χ3v) is 5.53. The minimum atomic E-state index is -0.0944. The Hall–Kier alpha value is -1.47. The van der Waals surface area contributed by atoms with Gasteiger partial charge in [0.15, 0.2) is 0 Å². The number of nitrogens with zero attached hydrogens (tertiary/aromatic N) is 1. The Morgan fingerprint density at radius 2 is 1.83 bits per heavy atom. The van der Waals surface area contributed by atoms with E-state index >= 15 is 0 Å². The molecule has 0 aromatic heterocycles. The molecule has 0 radical (unpaired) electrons. The number of likely N-dealkylation sites (tertiary alicyclic amines) is 1. The summed E-state index contributed by atoms with van der Waals surface area (Å²) in [5.74, 6) is 2.23. The second-order valence-electron chi connectivity index (χ2n) is 5.87.